The molecular formula is C5H4N2O4. The minimum atomic E-state index is -0.950. The van der Waals surface area contributed by atoms with Gasteiger partial charge in [-0.25, -0.2) is 0 Å². The zero-order valence-electron chi connectivity index (χ0n) is 5.33. The van der Waals surface area contributed by atoms with Crippen LogP contribution in [0.3, 0.4) is 0 Å². The Balaban J connectivity index is 3.03. The van der Waals surface area contributed by atoms with Crippen molar-refractivity contribution >= 4 is 11.8 Å². The van der Waals surface area contributed by atoms with Gasteiger partial charge in [0.25, 0.3) is 5.91 Å². The molecule has 0 aliphatic carbocycles. The number of imide groups is 1. The lowest BCUT2D eigenvalue weighted by atomic mass is 10.2. The van der Waals surface area contributed by atoms with Gasteiger partial charge in [-0.3, -0.25) is 14.9 Å². The van der Waals surface area contributed by atoms with Crippen LogP contribution >= 0.6 is 0 Å². The average molecular weight is 156 g/mol. The second kappa shape index (κ2) is 2.49. The number of hydrogen-bond acceptors (Lipinski definition) is 5. The Morgan fingerprint density at radius 2 is 2.09 bits per heavy atom. The summed E-state index contributed by atoms with van der Waals surface area (Å²) in [6.07, 6.45) is -0.368. The van der Waals surface area contributed by atoms with Gasteiger partial charge in [0.15, 0.2) is 0 Å². The first-order chi connectivity index (χ1) is 5.15. The molecule has 0 bridgehead atoms. The first-order valence-electron chi connectivity index (χ1n) is 2.75. The van der Waals surface area contributed by atoms with Gasteiger partial charge in [0.2, 0.25) is 11.6 Å². The van der Waals surface area contributed by atoms with Crippen molar-refractivity contribution in [1.82, 2.24) is 5.32 Å². The third-order valence-electron chi connectivity index (χ3n) is 1.16. The molecule has 0 aromatic carbocycles. The smallest absolute Gasteiger partial charge is 0.283 e. The van der Waals surface area contributed by atoms with E-state index in [2.05, 4.69) is 5.18 Å². The number of hydrogen-bond donors (Lipinski definition) is 2. The van der Waals surface area contributed by atoms with Crippen LogP contribution in [0.2, 0.25) is 0 Å². The lowest BCUT2D eigenvalue weighted by Gasteiger charge is -2.09. The molecule has 0 aromatic rings. The van der Waals surface area contributed by atoms with Crippen LogP contribution in [-0.4, -0.2) is 16.9 Å². The second-order valence-electron chi connectivity index (χ2n) is 1.94. The van der Waals surface area contributed by atoms with Crippen LogP contribution in [0.15, 0.2) is 16.6 Å². The predicted molar refractivity (Wildman–Crippen MR) is 33.2 cm³/mol. The summed E-state index contributed by atoms with van der Waals surface area (Å²) in [7, 11) is 0. The summed E-state index contributed by atoms with van der Waals surface area (Å²) in [6, 6.07) is 0. The van der Waals surface area contributed by atoms with Gasteiger partial charge in [-0.05, 0) is 5.18 Å². The van der Waals surface area contributed by atoms with Crippen molar-refractivity contribution in [2.24, 2.45) is 5.18 Å². The molecule has 58 valence electrons. The maximum absolute atomic E-state index is 10.6. The summed E-state index contributed by atoms with van der Waals surface area (Å²) < 4.78 is 0. The van der Waals surface area contributed by atoms with Gasteiger partial charge < -0.3 is 5.11 Å². The number of nitrogens with zero attached hydrogens (tertiary/aromatic N) is 1. The molecule has 2 amide bonds. The van der Waals surface area contributed by atoms with E-state index in [0.29, 0.717) is 0 Å². The van der Waals surface area contributed by atoms with Crippen LogP contribution in [-0.2, 0) is 9.59 Å². The fourth-order valence-electron chi connectivity index (χ4n) is 0.691. The number of carbonyl (C=O) groups excluding carboxylic acids is 2. The van der Waals surface area contributed by atoms with Crippen molar-refractivity contribution in [1.29, 1.82) is 0 Å². The molecule has 0 unspecified atom stereocenters. The van der Waals surface area contributed by atoms with E-state index in [9.17, 15) is 14.5 Å². The number of nitrogens with one attached hydrogen (secondary N) is 1. The van der Waals surface area contributed by atoms with Crippen molar-refractivity contribution in [2.75, 3.05) is 0 Å². The Labute approximate surface area is 60.9 Å². The Morgan fingerprint density at radius 1 is 1.45 bits per heavy atom. The highest BCUT2D eigenvalue weighted by atomic mass is 16.3. The van der Waals surface area contributed by atoms with Gasteiger partial charge in [-0.1, -0.05) is 0 Å². The minimum absolute atomic E-state index is 0.368. The Morgan fingerprint density at radius 3 is 2.55 bits per heavy atom. The first kappa shape index (κ1) is 7.39. The zero-order valence-corrected chi connectivity index (χ0v) is 5.33. The van der Waals surface area contributed by atoms with Gasteiger partial charge in [-0.2, -0.15) is 0 Å². The predicted octanol–water partition coefficient (Wildman–Crippen LogP) is -0.431. The topological polar surface area (TPSA) is 95.8 Å². The fourth-order valence-corrected chi connectivity index (χ4v) is 0.691. The number of aliphatic hydroxyl groups is 1. The van der Waals surface area contributed by atoms with Crippen molar-refractivity contribution in [3.05, 3.63) is 16.4 Å². The van der Waals surface area contributed by atoms with Gasteiger partial charge >= 0.3 is 0 Å². The van der Waals surface area contributed by atoms with Crippen LogP contribution < -0.4 is 5.32 Å². The molecule has 6 nitrogen and oxygen atoms in total. The Hall–Kier alpha value is -1.72. The van der Waals surface area contributed by atoms with E-state index in [4.69, 9.17) is 5.11 Å². The van der Waals surface area contributed by atoms with E-state index < -0.39 is 23.3 Å². The molecule has 1 aliphatic heterocycles. The van der Waals surface area contributed by atoms with Gasteiger partial charge in [0, 0.05) is 0 Å². The van der Waals surface area contributed by atoms with Gasteiger partial charge in [0.1, 0.15) is 5.76 Å². The molecule has 0 saturated carbocycles. The van der Waals surface area contributed by atoms with E-state index in [1.165, 1.54) is 0 Å². The molecule has 1 aliphatic rings. The van der Waals surface area contributed by atoms with E-state index in [1.807, 2.05) is 5.32 Å². The van der Waals surface area contributed by atoms with Crippen molar-refractivity contribution in [2.45, 2.75) is 6.42 Å². The summed E-state index contributed by atoms with van der Waals surface area (Å²) in [5.74, 6) is -2.16. The Kier molecular flexibility index (Phi) is 1.67. The SMILES string of the molecule is O=NC1=C(O)CC(=O)NC1=O. The van der Waals surface area contributed by atoms with Crippen molar-refractivity contribution < 1.29 is 14.7 Å². The minimum Gasteiger partial charge on any atom is -0.509 e. The lowest BCUT2D eigenvalue weighted by Crippen LogP contribution is -2.36. The third-order valence-corrected chi connectivity index (χ3v) is 1.16. The van der Waals surface area contributed by atoms with E-state index in [-0.39, 0.29) is 6.42 Å². The van der Waals surface area contributed by atoms with E-state index >= 15 is 0 Å². The molecule has 0 spiro atoms. The van der Waals surface area contributed by atoms with E-state index in [1.54, 1.807) is 0 Å². The standard InChI is InChI=1S/C5H4N2O4/c8-2-1-3(9)6-5(10)4(2)7-11/h8H,1H2,(H,6,9,10). The highest BCUT2D eigenvalue weighted by Crippen LogP contribution is 2.11. The summed E-state index contributed by atoms with van der Waals surface area (Å²) in [5.41, 5.74) is -0.621. The third kappa shape index (κ3) is 1.23. The second-order valence-corrected chi connectivity index (χ2v) is 1.94. The number of aliphatic hydroxyl groups excluding tert-OH is 1. The molecule has 1 heterocycles. The van der Waals surface area contributed by atoms with Crippen LogP contribution in [0.5, 0.6) is 0 Å². The molecule has 0 fully saturated rings. The highest BCUT2D eigenvalue weighted by Gasteiger charge is 2.25. The Bertz CT molecular complexity index is 268. The average Bonchev–Trinajstić information content (AvgIpc) is 1.85. The number of amides is 2. The summed E-state index contributed by atoms with van der Waals surface area (Å²) in [6.45, 7) is 0. The maximum Gasteiger partial charge on any atom is 0.283 e. The summed E-state index contributed by atoms with van der Waals surface area (Å²) >= 11 is 0. The number of nitroso groups, excluding NO2 is 1. The lowest BCUT2D eigenvalue weighted by molar-refractivity contribution is -0.129. The fraction of sp³-hybridized carbons (Fsp3) is 0.200. The molecule has 2 N–H and O–H groups in total. The maximum atomic E-state index is 10.6. The quantitative estimate of drug-likeness (QED) is 0.397. The molecule has 0 saturated heterocycles. The number of rotatable bonds is 1. The monoisotopic (exact) mass is 156 g/mol. The molecule has 0 atom stereocenters. The van der Waals surface area contributed by atoms with Gasteiger partial charge in [0.05, 0.1) is 6.42 Å². The van der Waals surface area contributed by atoms with Crippen molar-refractivity contribution in [3.63, 3.8) is 0 Å². The first-order valence-corrected chi connectivity index (χ1v) is 2.75. The summed E-state index contributed by atoms with van der Waals surface area (Å²) in [4.78, 5) is 30.9. The molecule has 1 rings (SSSR count). The van der Waals surface area contributed by atoms with Crippen LogP contribution in [0, 0.1) is 4.91 Å². The van der Waals surface area contributed by atoms with Crippen molar-refractivity contribution in [3.8, 4) is 0 Å². The van der Waals surface area contributed by atoms with E-state index in [0.717, 1.165) is 0 Å². The molecule has 0 radical (unpaired) electrons. The van der Waals surface area contributed by atoms with Crippen LogP contribution in [0.25, 0.3) is 0 Å². The normalized spacial score (nSPS) is 18.2. The zero-order chi connectivity index (χ0) is 8.43. The molecular weight excluding hydrogens is 152 g/mol. The highest BCUT2D eigenvalue weighted by molar-refractivity contribution is 6.07. The molecule has 11 heavy (non-hydrogen) atoms. The van der Waals surface area contributed by atoms with Gasteiger partial charge in [-0.15, -0.1) is 4.91 Å². The molecule has 0 aromatic heterocycles. The molecule has 6 heteroatoms. The largest absolute Gasteiger partial charge is 0.509 e. The number of carbonyl (C=O) groups is 2. The van der Waals surface area contributed by atoms with Crippen LogP contribution in [0.1, 0.15) is 6.42 Å². The van der Waals surface area contributed by atoms with Crippen LogP contribution in [0.4, 0.5) is 0 Å². The summed E-state index contributed by atoms with van der Waals surface area (Å²) in [5, 5.41) is 12.9.